The average molecular weight is 144 g/mol. The monoisotopic (exact) mass is 144 g/mol. The summed E-state index contributed by atoms with van der Waals surface area (Å²) in [6.45, 7) is 8.39. The first-order chi connectivity index (χ1) is 3.98. The summed E-state index contributed by atoms with van der Waals surface area (Å²) in [7, 11) is -1.31. The lowest BCUT2D eigenvalue weighted by atomic mass is 10.5. The Morgan fingerprint density at radius 3 is 1.89 bits per heavy atom. The van der Waals surface area contributed by atoms with Gasteiger partial charge in [0.1, 0.15) is 0 Å². The highest BCUT2D eigenvalue weighted by Gasteiger charge is 2.21. The lowest BCUT2D eigenvalue weighted by Crippen LogP contribution is -2.36. The Kier molecular flexibility index (Phi) is 3.15. The molecule has 0 rings (SSSR count). The molecule has 0 saturated heterocycles. The lowest BCUT2D eigenvalue weighted by Gasteiger charge is -2.19. The second kappa shape index (κ2) is 3.18. The summed E-state index contributed by atoms with van der Waals surface area (Å²) in [4.78, 5) is 0. The molecule has 0 aromatic carbocycles. The Balaban J connectivity index is 3.88. The smallest absolute Gasteiger partial charge is 0.0830 e. The van der Waals surface area contributed by atoms with Crippen LogP contribution in [-0.2, 0) is 0 Å². The van der Waals surface area contributed by atoms with Crippen molar-refractivity contribution in [3.05, 3.63) is 12.2 Å². The van der Waals surface area contributed by atoms with E-state index < -0.39 is 8.07 Å². The second-order valence-corrected chi connectivity index (χ2v) is 8.66. The highest BCUT2D eigenvalue weighted by Crippen LogP contribution is 2.07. The second-order valence-electron chi connectivity index (χ2n) is 3.34. The van der Waals surface area contributed by atoms with Gasteiger partial charge in [-0.1, -0.05) is 31.8 Å². The van der Waals surface area contributed by atoms with Crippen LogP contribution >= 0.6 is 0 Å². The van der Waals surface area contributed by atoms with Gasteiger partial charge in [0.05, 0.1) is 13.8 Å². The maximum atomic E-state index is 9.36. The van der Waals surface area contributed by atoms with Crippen molar-refractivity contribution in [3.63, 3.8) is 0 Å². The molecule has 0 aliphatic rings. The van der Waals surface area contributed by atoms with Gasteiger partial charge in [-0.15, -0.1) is 0 Å². The highest BCUT2D eigenvalue weighted by atomic mass is 28.3. The molecular weight excluding hydrogens is 128 g/mol. The maximum absolute atomic E-state index is 9.36. The lowest BCUT2D eigenvalue weighted by molar-refractivity contribution is 0.291. The largest absolute Gasteiger partial charge is 0.393 e. The zero-order valence-electron chi connectivity index (χ0n) is 6.68. The molecule has 0 amide bonds. The van der Waals surface area contributed by atoms with Gasteiger partial charge in [0.2, 0.25) is 0 Å². The summed E-state index contributed by atoms with van der Waals surface area (Å²) in [5.41, 5.74) is -0.178. The molecule has 0 aromatic rings. The fraction of sp³-hybridized carbons (Fsp3) is 0.714. The highest BCUT2D eigenvalue weighted by molar-refractivity contribution is 6.77. The Morgan fingerprint density at radius 2 is 1.78 bits per heavy atom. The Labute approximate surface area is 58.4 Å². The first-order valence-corrected chi connectivity index (χ1v) is 6.87. The van der Waals surface area contributed by atoms with Crippen LogP contribution in [0, 0.1) is 0 Å². The third-order valence-corrected chi connectivity index (χ3v) is 3.23. The van der Waals surface area contributed by atoms with Gasteiger partial charge in [0, 0.05) is 0 Å². The molecule has 0 aromatic heterocycles. The molecule has 0 saturated carbocycles. The molecule has 1 nitrogen and oxygen atoms in total. The van der Waals surface area contributed by atoms with Crippen molar-refractivity contribution < 1.29 is 5.11 Å². The van der Waals surface area contributed by atoms with E-state index in [0.717, 1.165) is 0 Å². The van der Waals surface area contributed by atoms with Crippen molar-refractivity contribution in [2.24, 2.45) is 0 Å². The van der Waals surface area contributed by atoms with Crippen LogP contribution in [0.1, 0.15) is 6.92 Å². The molecule has 0 spiro atoms. The third-order valence-electron chi connectivity index (χ3n) is 1.26. The predicted octanol–water partition coefficient (Wildman–Crippen LogP) is 1.80. The summed E-state index contributed by atoms with van der Waals surface area (Å²) < 4.78 is 0. The minimum atomic E-state index is -1.31. The van der Waals surface area contributed by atoms with Gasteiger partial charge in [-0.3, -0.25) is 0 Å². The third kappa shape index (κ3) is 3.49. The fourth-order valence-corrected chi connectivity index (χ4v) is 1.24. The molecule has 2 heteroatoms. The van der Waals surface area contributed by atoms with Gasteiger partial charge in [0.15, 0.2) is 0 Å². The van der Waals surface area contributed by atoms with E-state index in [1.165, 1.54) is 0 Å². The van der Waals surface area contributed by atoms with E-state index in [1.54, 1.807) is 0 Å². The average Bonchev–Trinajstić information content (AvgIpc) is 1.64. The van der Waals surface area contributed by atoms with E-state index in [0.29, 0.717) is 0 Å². The molecule has 1 atom stereocenters. The topological polar surface area (TPSA) is 20.2 Å². The first kappa shape index (κ1) is 8.92. The zero-order valence-corrected chi connectivity index (χ0v) is 7.68. The van der Waals surface area contributed by atoms with Crippen LogP contribution in [0.4, 0.5) is 0 Å². The summed E-state index contributed by atoms with van der Waals surface area (Å²) in [6, 6.07) is 0. The quantitative estimate of drug-likeness (QED) is 0.463. The van der Waals surface area contributed by atoms with Crippen molar-refractivity contribution in [2.75, 3.05) is 0 Å². The number of hydrogen-bond acceptors (Lipinski definition) is 1. The normalized spacial score (nSPS) is 16.6. The summed E-state index contributed by atoms with van der Waals surface area (Å²) in [6.07, 6.45) is 3.77. The summed E-state index contributed by atoms with van der Waals surface area (Å²) in [5, 5.41) is 9.36. The van der Waals surface area contributed by atoms with Crippen LogP contribution in [-0.4, -0.2) is 18.9 Å². The standard InChI is InChI=1S/C7H16OSi/c1-5-6-7(8)9(2,3)4/h5-8H,1-4H3/b6-5+/t7-/m0/s1. The van der Waals surface area contributed by atoms with E-state index in [4.69, 9.17) is 0 Å². The SMILES string of the molecule is C/C=C/[C@@H](O)[Si](C)(C)C. The van der Waals surface area contributed by atoms with Crippen LogP contribution in [0.3, 0.4) is 0 Å². The Morgan fingerprint density at radius 1 is 1.33 bits per heavy atom. The Bertz CT molecular complexity index is 102. The minimum Gasteiger partial charge on any atom is -0.393 e. The van der Waals surface area contributed by atoms with E-state index in [2.05, 4.69) is 19.6 Å². The Hall–Kier alpha value is -0.0831. The molecule has 0 radical (unpaired) electrons. The van der Waals surface area contributed by atoms with E-state index in [-0.39, 0.29) is 5.73 Å². The molecule has 0 aliphatic heterocycles. The molecule has 0 fully saturated rings. The number of aliphatic hydroxyl groups excluding tert-OH is 1. The molecule has 0 bridgehead atoms. The van der Waals surface area contributed by atoms with E-state index >= 15 is 0 Å². The van der Waals surface area contributed by atoms with Gasteiger partial charge in [-0.05, 0) is 6.92 Å². The summed E-state index contributed by atoms with van der Waals surface area (Å²) in [5.74, 6) is 0. The maximum Gasteiger partial charge on any atom is 0.0830 e. The molecular formula is C7H16OSi. The van der Waals surface area contributed by atoms with Crippen molar-refractivity contribution in [1.29, 1.82) is 0 Å². The van der Waals surface area contributed by atoms with Crippen LogP contribution in [0.15, 0.2) is 12.2 Å². The molecule has 9 heavy (non-hydrogen) atoms. The van der Waals surface area contributed by atoms with Gasteiger partial charge in [0.25, 0.3) is 0 Å². The number of hydrogen-bond donors (Lipinski definition) is 1. The van der Waals surface area contributed by atoms with E-state index in [9.17, 15) is 5.11 Å². The fourth-order valence-electron chi connectivity index (χ4n) is 0.471. The predicted molar refractivity (Wildman–Crippen MR) is 44.2 cm³/mol. The van der Waals surface area contributed by atoms with Crippen LogP contribution < -0.4 is 0 Å². The number of allylic oxidation sites excluding steroid dienone is 1. The molecule has 1 N–H and O–H groups in total. The minimum absolute atomic E-state index is 0.178. The molecule has 0 aliphatic carbocycles. The van der Waals surface area contributed by atoms with Crippen molar-refractivity contribution in [3.8, 4) is 0 Å². The zero-order chi connectivity index (χ0) is 7.49. The van der Waals surface area contributed by atoms with Crippen molar-refractivity contribution in [2.45, 2.75) is 32.3 Å². The van der Waals surface area contributed by atoms with Crippen molar-refractivity contribution in [1.82, 2.24) is 0 Å². The van der Waals surface area contributed by atoms with Crippen molar-refractivity contribution >= 4 is 8.07 Å². The van der Waals surface area contributed by atoms with Crippen LogP contribution in [0.25, 0.3) is 0 Å². The molecule has 0 heterocycles. The van der Waals surface area contributed by atoms with Crippen LogP contribution in [0.5, 0.6) is 0 Å². The molecule has 0 unspecified atom stereocenters. The number of rotatable bonds is 2. The van der Waals surface area contributed by atoms with Gasteiger partial charge >= 0.3 is 0 Å². The van der Waals surface area contributed by atoms with Gasteiger partial charge in [-0.2, -0.15) is 0 Å². The summed E-state index contributed by atoms with van der Waals surface area (Å²) >= 11 is 0. The molecule has 54 valence electrons. The van der Waals surface area contributed by atoms with Gasteiger partial charge in [-0.25, -0.2) is 0 Å². The van der Waals surface area contributed by atoms with Gasteiger partial charge < -0.3 is 5.11 Å². The first-order valence-electron chi connectivity index (χ1n) is 3.29. The van der Waals surface area contributed by atoms with Crippen LogP contribution in [0.2, 0.25) is 19.6 Å². The van der Waals surface area contributed by atoms with E-state index in [1.807, 2.05) is 19.1 Å². The number of aliphatic hydroxyl groups is 1.